The molecule has 0 atom stereocenters. The predicted molar refractivity (Wildman–Crippen MR) is 80.9 cm³/mol. The Labute approximate surface area is 114 Å². The van der Waals surface area contributed by atoms with Gasteiger partial charge in [0.15, 0.2) is 0 Å². The number of nitrogens with one attached hydrogen (secondary N) is 1. The zero-order valence-electron chi connectivity index (χ0n) is 11.3. The third kappa shape index (κ3) is 5.12. The van der Waals surface area contributed by atoms with Gasteiger partial charge < -0.3 is 5.32 Å². The van der Waals surface area contributed by atoms with Crippen molar-refractivity contribution >= 4 is 21.6 Å². The lowest BCUT2D eigenvalue weighted by Crippen LogP contribution is -2.04. The number of rotatable bonds is 7. The van der Waals surface area contributed by atoms with E-state index >= 15 is 0 Å². The highest BCUT2D eigenvalue weighted by molar-refractivity contribution is 9.10. The standard InChI is InChI=1S/C15H24BrN/c1-4-5-6-7-8-9-17-15-12(2)10-14(16)11-13(15)3/h10-11,17H,4-9H2,1-3H3. The van der Waals surface area contributed by atoms with Crippen LogP contribution in [0.5, 0.6) is 0 Å². The topological polar surface area (TPSA) is 12.0 Å². The molecule has 0 amide bonds. The van der Waals surface area contributed by atoms with Gasteiger partial charge in [0.25, 0.3) is 0 Å². The number of aryl methyl sites for hydroxylation is 2. The van der Waals surface area contributed by atoms with Crippen LogP contribution in [0.15, 0.2) is 16.6 Å². The highest BCUT2D eigenvalue weighted by Gasteiger charge is 2.03. The molecule has 0 radical (unpaired) electrons. The van der Waals surface area contributed by atoms with Crippen molar-refractivity contribution in [2.45, 2.75) is 52.9 Å². The molecule has 0 aliphatic heterocycles. The fourth-order valence-corrected chi connectivity index (χ4v) is 2.82. The monoisotopic (exact) mass is 297 g/mol. The van der Waals surface area contributed by atoms with Crippen molar-refractivity contribution in [3.63, 3.8) is 0 Å². The second kappa shape index (κ2) is 7.75. The minimum absolute atomic E-state index is 1.09. The summed E-state index contributed by atoms with van der Waals surface area (Å²) >= 11 is 3.53. The third-order valence-corrected chi connectivity index (χ3v) is 3.54. The minimum Gasteiger partial charge on any atom is -0.385 e. The van der Waals surface area contributed by atoms with E-state index in [-0.39, 0.29) is 0 Å². The predicted octanol–water partition coefficient (Wildman–Crippen LogP) is 5.45. The van der Waals surface area contributed by atoms with Gasteiger partial charge in [-0.3, -0.25) is 0 Å². The Hall–Kier alpha value is -0.500. The Morgan fingerprint density at radius 1 is 1.00 bits per heavy atom. The lowest BCUT2D eigenvalue weighted by atomic mass is 10.1. The molecule has 0 spiro atoms. The van der Waals surface area contributed by atoms with Crippen molar-refractivity contribution < 1.29 is 0 Å². The molecule has 2 heteroatoms. The number of anilines is 1. The van der Waals surface area contributed by atoms with Crippen molar-refractivity contribution in [1.82, 2.24) is 0 Å². The van der Waals surface area contributed by atoms with E-state index in [9.17, 15) is 0 Å². The lowest BCUT2D eigenvalue weighted by Gasteiger charge is -2.13. The SMILES string of the molecule is CCCCCCCNc1c(C)cc(Br)cc1C. The molecule has 96 valence electrons. The molecule has 1 aromatic rings. The molecule has 0 saturated carbocycles. The van der Waals surface area contributed by atoms with E-state index < -0.39 is 0 Å². The van der Waals surface area contributed by atoms with E-state index in [2.05, 4.69) is 54.2 Å². The Bertz CT molecular complexity index is 324. The summed E-state index contributed by atoms with van der Waals surface area (Å²) in [4.78, 5) is 0. The molecular formula is C15H24BrN. The van der Waals surface area contributed by atoms with Crippen LogP contribution in [0.1, 0.15) is 50.2 Å². The first kappa shape index (κ1) is 14.6. The molecular weight excluding hydrogens is 274 g/mol. The van der Waals surface area contributed by atoms with Gasteiger partial charge in [0.2, 0.25) is 0 Å². The molecule has 0 unspecified atom stereocenters. The van der Waals surface area contributed by atoms with E-state index in [0.29, 0.717) is 0 Å². The molecule has 1 aromatic carbocycles. The van der Waals surface area contributed by atoms with E-state index in [4.69, 9.17) is 0 Å². The highest BCUT2D eigenvalue weighted by atomic mass is 79.9. The van der Waals surface area contributed by atoms with E-state index in [1.165, 1.54) is 53.4 Å². The number of hydrogen-bond acceptors (Lipinski definition) is 1. The van der Waals surface area contributed by atoms with Gasteiger partial charge in [0, 0.05) is 16.7 Å². The fourth-order valence-electron chi connectivity index (χ4n) is 2.13. The highest BCUT2D eigenvalue weighted by Crippen LogP contribution is 2.25. The lowest BCUT2D eigenvalue weighted by molar-refractivity contribution is 0.645. The average molecular weight is 298 g/mol. The van der Waals surface area contributed by atoms with Gasteiger partial charge in [-0.1, -0.05) is 48.5 Å². The first-order valence-corrected chi connectivity index (χ1v) is 7.45. The molecule has 0 aliphatic rings. The quantitative estimate of drug-likeness (QED) is 0.660. The maximum Gasteiger partial charge on any atom is 0.0400 e. The maximum absolute atomic E-state index is 3.56. The van der Waals surface area contributed by atoms with Gasteiger partial charge in [-0.15, -0.1) is 0 Å². The Kier molecular flexibility index (Phi) is 6.64. The van der Waals surface area contributed by atoms with Gasteiger partial charge >= 0.3 is 0 Å². The smallest absolute Gasteiger partial charge is 0.0400 e. The van der Waals surface area contributed by atoms with Crippen LogP contribution in [-0.4, -0.2) is 6.54 Å². The van der Waals surface area contributed by atoms with Gasteiger partial charge in [-0.05, 0) is 43.5 Å². The van der Waals surface area contributed by atoms with Crippen LogP contribution in [0.25, 0.3) is 0 Å². The molecule has 0 aliphatic carbocycles. The van der Waals surface area contributed by atoms with Gasteiger partial charge in [-0.25, -0.2) is 0 Å². The maximum atomic E-state index is 3.56. The normalized spacial score (nSPS) is 10.6. The van der Waals surface area contributed by atoms with Crippen molar-refractivity contribution in [3.8, 4) is 0 Å². The number of benzene rings is 1. The summed E-state index contributed by atoms with van der Waals surface area (Å²) in [5, 5.41) is 3.56. The molecule has 0 heterocycles. The molecule has 1 N–H and O–H groups in total. The summed E-state index contributed by atoms with van der Waals surface area (Å²) in [5.74, 6) is 0. The molecule has 17 heavy (non-hydrogen) atoms. The van der Waals surface area contributed by atoms with Gasteiger partial charge in [-0.2, -0.15) is 0 Å². The van der Waals surface area contributed by atoms with Crippen LogP contribution < -0.4 is 5.32 Å². The molecule has 1 rings (SSSR count). The van der Waals surface area contributed by atoms with Crippen molar-refractivity contribution in [1.29, 1.82) is 0 Å². The summed E-state index contributed by atoms with van der Waals surface area (Å²) in [6.07, 6.45) is 6.68. The summed E-state index contributed by atoms with van der Waals surface area (Å²) in [5.41, 5.74) is 3.96. The molecule has 0 fully saturated rings. The first-order valence-electron chi connectivity index (χ1n) is 6.65. The average Bonchev–Trinajstić information content (AvgIpc) is 2.26. The van der Waals surface area contributed by atoms with Crippen LogP contribution in [0.4, 0.5) is 5.69 Å². The second-order valence-corrected chi connectivity index (χ2v) is 5.67. The summed E-state index contributed by atoms with van der Waals surface area (Å²) < 4.78 is 1.17. The third-order valence-electron chi connectivity index (χ3n) is 3.08. The van der Waals surface area contributed by atoms with Gasteiger partial charge in [0.1, 0.15) is 0 Å². The van der Waals surface area contributed by atoms with Crippen LogP contribution in [-0.2, 0) is 0 Å². The number of unbranched alkanes of at least 4 members (excludes halogenated alkanes) is 4. The van der Waals surface area contributed by atoms with Crippen LogP contribution in [0, 0.1) is 13.8 Å². The van der Waals surface area contributed by atoms with Crippen LogP contribution in [0.2, 0.25) is 0 Å². The molecule has 1 nitrogen and oxygen atoms in total. The summed E-state index contributed by atoms with van der Waals surface area (Å²) in [6.45, 7) is 7.67. The Morgan fingerprint density at radius 3 is 2.18 bits per heavy atom. The van der Waals surface area contributed by atoms with E-state index in [1.54, 1.807) is 0 Å². The van der Waals surface area contributed by atoms with E-state index in [0.717, 1.165) is 6.54 Å². The van der Waals surface area contributed by atoms with Crippen molar-refractivity contribution in [2.24, 2.45) is 0 Å². The summed E-state index contributed by atoms with van der Waals surface area (Å²) in [6, 6.07) is 4.35. The zero-order chi connectivity index (χ0) is 12.7. The fraction of sp³-hybridized carbons (Fsp3) is 0.600. The van der Waals surface area contributed by atoms with Crippen molar-refractivity contribution in [3.05, 3.63) is 27.7 Å². The zero-order valence-corrected chi connectivity index (χ0v) is 12.9. The largest absolute Gasteiger partial charge is 0.385 e. The molecule has 0 aromatic heterocycles. The minimum atomic E-state index is 1.09. The number of halogens is 1. The second-order valence-electron chi connectivity index (χ2n) is 4.76. The van der Waals surface area contributed by atoms with Crippen LogP contribution in [0.3, 0.4) is 0 Å². The molecule has 0 saturated heterocycles. The van der Waals surface area contributed by atoms with Gasteiger partial charge in [0.05, 0.1) is 0 Å². The Balaban J connectivity index is 2.36. The van der Waals surface area contributed by atoms with Crippen LogP contribution >= 0.6 is 15.9 Å². The molecule has 0 bridgehead atoms. The summed E-state index contributed by atoms with van der Waals surface area (Å²) in [7, 11) is 0. The van der Waals surface area contributed by atoms with E-state index in [1.807, 2.05) is 0 Å². The first-order chi connectivity index (χ1) is 8.15. The Morgan fingerprint density at radius 2 is 1.59 bits per heavy atom. The number of hydrogen-bond donors (Lipinski definition) is 1. The van der Waals surface area contributed by atoms with Crippen molar-refractivity contribution in [2.75, 3.05) is 11.9 Å².